The molecule has 0 radical (unpaired) electrons. The van der Waals surface area contributed by atoms with Crippen molar-refractivity contribution in [2.75, 3.05) is 18.4 Å². The molecule has 1 aliphatic rings. The first-order chi connectivity index (χ1) is 15.1. The number of halogens is 3. The van der Waals surface area contributed by atoms with Gasteiger partial charge in [-0.2, -0.15) is 13.2 Å². The first-order valence-electron chi connectivity index (χ1n) is 10.3. The molecule has 1 aliphatic heterocycles. The fraction of sp³-hybridized carbons (Fsp3) is 0.409. The lowest BCUT2D eigenvalue weighted by Crippen LogP contribution is -2.35. The van der Waals surface area contributed by atoms with Crippen LogP contribution in [0.5, 0.6) is 5.75 Å². The van der Waals surface area contributed by atoms with E-state index in [-0.39, 0.29) is 23.2 Å². The van der Waals surface area contributed by atoms with Gasteiger partial charge in [-0.05, 0) is 64.9 Å². The topological polar surface area (TPSA) is 96.1 Å². The van der Waals surface area contributed by atoms with Gasteiger partial charge in [0.2, 0.25) is 0 Å². The lowest BCUT2D eigenvalue weighted by molar-refractivity contribution is -0.137. The molecule has 3 heterocycles. The van der Waals surface area contributed by atoms with E-state index in [0.29, 0.717) is 34.1 Å². The number of phenolic OH excluding ortho intramolecular Hbond substituents is 1. The van der Waals surface area contributed by atoms with Gasteiger partial charge in [-0.25, -0.2) is 9.97 Å². The van der Waals surface area contributed by atoms with Crippen molar-refractivity contribution in [1.29, 1.82) is 0 Å². The van der Waals surface area contributed by atoms with E-state index in [1.165, 1.54) is 0 Å². The fourth-order valence-corrected chi connectivity index (χ4v) is 3.97. The molecule has 32 heavy (non-hydrogen) atoms. The summed E-state index contributed by atoms with van der Waals surface area (Å²) in [4.78, 5) is 8.98. The Kier molecular flexibility index (Phi) is 5.81. The number of rotatable bonds is 4. The van der Waals surface area contributed by atoms with E-state index >= 15 is 0 Å². The van der Waals surface area contributed by atoms with Crippen molar-refractivity contribution >= 4 is 5.82 Å². The lowest BCUT2D eigenvalue weighted by atomic mass is 10.0. The predicted molar refractivity (Wildman–Crippen MR) is 113 cm³/mol. The number of aromatic nitrogens is 3. The standard InChI is InChI=1S/C22H24F3N5O2/c1-11-19(18-12(2)30-32-13(18)3)28-21(29-20(11)27-14-6-8-26-9-7-14)16-10-15(31)4-5-17(16)22(23,24)25/h4-5,10,14,26,31H,6-9H2,1-3H3,(H,27,28,29). The van der Waals surface area contributed by atoms with Crippen molar-refractivity contribution < 1.29 is 22.8 Å². The number of aromatic hydroxyl groups is 1. The van der Waals surface area contributed by atoms with Crippen LogP contribution in [-0.4, -0.2) is 39.4 Å². The molecule has 7 nitrogen and oxygen atoms in total. The molecule has 0 spiro atoms. The Balaban J connectivity index is 1.93. The molecule has 2 aromatic heterocycles. The summed E-state index contributed by atoms with van der Waals surface area (Å²) in [7, 11) is 0. The van der Waals surface area contributed by atoms with Gasteiger partial charge in [-0.15, -0.1) is 0 Å². The number of anilines is 1. The van der Waals surface area contributed by atoms with Crippen LogP contribution in [0.4, 0.5) is 19.0 Å². The minimum Gasteiger partial charge on any atom is -0.508 e. The third kappa shape index (κ3) is 4.27. The van der Waals surface area contributed by atoms with E-state index in [0.717, 1.165) is 44.1 Å². The first kappa shape index (κ1) is 22.1. The summed E-state index contributed by atoms with van der Waals surface area (Å²) >= 11 is 0. The summed E-state index contributed by atoms with van der Waals surface area (Å²) in [5, 5.41) is 20.6. The van der Waals surface area contributed by atoms with Crippen LogP contribution in [0.25, 0.3) is 22.6 Å². The number of aryl methyl sites for hydroxylation is 2. The summed E-state index contributed by atoms with van der Waals surface area (Å²) < 4.78 is 46.5. The molecular formula is C22H24F3N5O2. The molecule has 0 aliphatic carbocycles. The molecular weight excluding hydrogens is 423 g/mol. The Morgan fingerprint density at radius 3 is 2.47 bits per heavy atom. The molecule has 0 amide bonds. The molecule has 4 rings (SSSR count). The lowest BCUT2D eigenvalue weighted by Gasteiger charge is -2.25. The molecule has 1 fully saturated rings. The maximum Gasteiger partial charge on any atom is 0.417 e. The van der Waals surface area contributed by atoms with Gasteiger partial charge < -0.3 is 20.3 Å². The van der Waals surface area contributed by atoms with Crippen LogP contribution >= 0.6 is 0 Å². The number of phenols is 1. The summed E-state index contributed by atoms with van der Waals surface area (Å²) in [6, 6.07) is 3.01. The van der Waals surface area contributed by atoms with Crippen LogP contribution in [-0.2, 0) is 6.18 Å². The van der Waals surface area contributed by atoms with Gasteiger partial charge in [-0.3, -0.25) is 0 Å². The summed E-state index contributed by atoms with van der Waals surface area (Å²) in [5.41, 5.74) is 1.12. The van der Waals surface area contributed by atoms with Crippen molar-refractivity contribution in [3.63, 3.8) is 0 Å². The molecule has 0 saturated carbocycles. The monoisotopic (exact) mass is 447 g/mol. The maximum atomic E-state index is 13.7. The summed E-state index contributed by atoms with van der Waals surface area (Å²) in [6.45, 7) is 6.99. The number of nitrogens with zero attached hydrogens (tertiary/aromatic N) is 3. The van der Waals surface area contributed by atoms with Crippen molar-refractivity contribution in [2.45, 2.75) is 45.8 Å². The molecule has 170 valence electrons. The zero-order valence-electron chi connectivity index (χ0n) is 18.0. The molecule has 3 N–H and O–H groups in total. The van der Waals surface area contributed by atoms with Crippen LogP contribution in [0.1, 0.15) is 35.4 Å². The number of benzene rings is 1. The van der Waals surface area contributed by atoms with Gasteiger partial charge in [-0.1, -0.05) is 5.16 Å². The van der Waals surface area contributed by atoms with Crippen molar-refractivity contribution in [1.82, 2.24) is 20.4 Å². The van der Waals surface area contributed by atoms with E-state index in [1.54, 1.807) is 13.8 Å². The minimum atomic E-state index is -4.64. The van der Waals surface area contributed by atoms with Crippen LogP contribution < -0.4 is 10.6 Å². The summed E-state index contributed by atoms with van der Waals surface area (Å²) in [6.07, 6.45) is -2.91. The third-order valence-electron chi connectivity index (χ3n) is 5.65. The number of hydrogen-bond donors (Lipinski definition) is 3. The Labute approximate surface area is 183 Å². The molecule has 1 saturated heterocycles. The highest BCUT2D eigenvalue weighted by molar-refractivity contribution is 5.75. The highest BCUT2D eigenvalue weighted by atomic mass is 19.4. The third-order valence-corrected chi connectivity index (χ3v) is 5.65. The largest absolute Gasteiger partial charge is 0.508 e. The first-order valence-corrected chi connectivity index (χ1v) is 10.3. The van der Waals surface area contributed by atoms with Gasteiger partial charge in [0.15, 0.2) is 5.82 Å². The summed E-state index contributed by atoms with van der Waals surface area (Å²) in [5.74, 6) is 0.526. The fourth-order valence-electron chi connectivity index (χ4n) is 3.97. The average molecular weight is 447 g/mol. The Bertz CT molecular complexity index is 1120. The zero-order valence-corrected chi connectivity index (χ0v) is 18.0. The van der Waals surface area contributed by atoms with E-state index < -0.39 is 11.7 Å². The number of alkyl halides is 3. The molecule has 0 bridgehead atoms. The minimum absolute atomic E-state index is 0.126. The van der Waals surface area contributed by atoms with E-state index in [1.807, 2.05) is 6.92 Å². The van der Waals surface area contributed by atoms with Crippen LogP contribution in [0.15, 0.2) is 22.7 Å². The second kappa shape index (κ2) is 8.42. The SMILES string of the molecule is Cc1noc(C)c1-c1nc(-c2cc(O)ccc2C(F)(F)F)nc(NC2CCNCC2)c1C. The predicted octanol–water partition coefficient (Wildman–Crippen LogP) is 4.61. The average Bonchev–Trinajstić information content (AvgIpc) is 3.07. The molecule has 3 aromatic rings. The Hall–Kier alpha value is -3.14. The molecule has 0 unspecified atom stereocenters. The van der Waals surface area contributed by atoms with Crippen molar-refractivity contribution in [3.8, 4) is 28.4 Å². The highest BCUT2D eigenvalue weighted by Gasteiger charge is 2.35. The van der Waals surface area contributed by atoms with Crippen molar-refractivity contribution in [2.24, 2.45) is 0 Å². The number of nitrogens with one attached hydrogen (secondary N) is 2. The van der Waals surface area contributed by atoms with E-state index in [4.69, 9.17) is 4.52 Å². The molecule has 10 heteroatoms. The Morgan fingerprint density at radius 2 is 1.84 bits per heavy atom. The Morgan fingerprint density at radius 1 is 1.12 bits per heavy atom. The van der Waals surface area contributed by atoms with Gasteiger partial charge in [0.1, 0.15) is 17.3 Å². The van der Waals surface area contributed by atoms with Gasteiger partial charge in [0.25, 0.3) is 0 Å². The van der Waals surface area contributed by atoms with Crippen LogP contribution in [0.2, 0.25) is 0 Å². The van der Waals surface area contributed by atoms with E-state index in [2.05, 4.69) is 25.8 Å². The van der Waals surface area contributed by atoms with Crippen LogP contribution in [0, 0.1) is 20.8 Å². The van der Waals surface area contributed by atoms with Gasteiger partial charge in [0.05, 0.1) is 22.5 Å². The normalized spacial score (nSPS) is 15.2. The highest BCUT2D eigenvalue weighted by Crippen LogP contribution is 2.40. The van der Waals surface area contributed by atoms with Gasteiger partial charge >= 0.3 is 6.18 Å². The second-order valence-electron chi connectivity index (χ2n) is 7.96. The van der Waals surface area contributed by atoms with Gasteiger partial charge in [0, 0.05) is 17.2 Å². The zero-order chi connectivity index (χ0) is 23.0. The maximum absolute atomic E-state index is 13.7. The molecule has 0 atom stereocenters. The van der Waals surface area contributed by atoms with Crippen molar-refractivity contribution in [3.05, 3.63) is 40.8 Å². The number of piperidine rings is 1. The smallest absolute Gasteiger partial charge is 0.417 e. The second-order valence-corrected chi connectivity index (χ2v) is 7.96. The number of hydrogen-bond acceptors (Lipinski definition) is 7. The van der Waals surface area contributed by atoms with E-state index in [9.17, 15) is 18.3 Å². The van der Waals surface area contributed by atoms with Crippen LogP contribution in [0.3, 0.4) is 0 Å². The quantitative estimate of drug-likeness (QED) is 0.537. The molecule has 1 aromatic carbocycles.